The average Bonchev–Trinajstić information content (AvgIpc) is 2.97. The van der Waals surface area contributed by atoms with E-state index >= 15 is 0 Å². The van der Waals surface area contributed by atoms with Crippen LogP contribution >= 0.6 is 23.1 Å². The van der Waals surface area contributed by atoms with Crippen LogP contribution in [0.4, 0.5) is 11.4 Å². The van der Waals surface area contributed by atoms with Crippen LogP contribution in [0.5, 0.6) is 0 Å². The van der Waals surface area contributed by atoms with Crippen molar-refractivity contribution in [3.05, 3.63) is 55.7 Å². The molecule has 0 spiro atoms. The number of para-hydroxylation sites is 2. The second-order valence-electron chi connectivity index (χ2n) is 5.51. The highest BCUT2D eigenvalue weighted by atomic mass is 32.2. The molecule has 8 nitrogen and oxygen atoms in total. The number of hydrogen-bond donors (Lipinski definition) is 1. The monoisotopic (exact) mass is 391 g/mol. The van der Waals surface area contributed by atoms with Gasteiger partial charge in [0.1, 0.15) is 11.1 Å². The van der Waals surface area contributed by atoms with Gasteiger partial charge in [-0.25, -0.2) is 9.78 Å². The van der Waals surface area contributed by atoms with E-state index in [1.165, 1.54) is 34.1 Å². The molecular weight excluding hydrogens is 376 g/mol. The Morgan fingerprint density at radius 2 is 2.15 bits per heavy atom. The molecule has 0 unspecified atom stereocenters. The third-order valence-corrected chi connectivity index (χ3v) is 5.65. The van der Waals surface area contributed by atoms with E-state index in [1.807, 2.05) is 13.0 Å². The fourth-order valence-electron chi connectivity index (χ4n) is 2.41. The summed E-state index contributed by atoms with van der Waals surface area (Å²) in [5.74, 6) is -0.390. The summed E-state index contributed by atoms with van der Waals surface area (Å²) in [4.78, 5) is 39.9. The lowest BCUT2D eigenvalue weighted by Crippen LogP contribution is -2.27. The van der Waals surface area contributed by atoms with Gasteiger partial charge >= 0.3 is 10.7 Å². The first kappa shape index (κ1) is 18.1. The van der Waals surface area contributed by atoms with Crippen molar-refractivity contribution < 1.29 is 14.7 Å². The van der Waals surface area contributed by atoms with Gasteiger partial charge in [0.15, 0.2) is 4.83 Å². The van der Waals surface area contributed by atoms with E-state index in [0.717, 1.165) is 21.5 Å². The number of aromatic amines is 1. The molecule has 26 heavy (non-hydrogen) atoms. The van der Waals surface area contributed by atoms with E-state index in [9.17, 15) is 19.7 Å². The van der Waals surface area contributed by atoms with Crippen molar-refractivity contribution in [2.24, 2.45) is 7.05 Å². The average molecular weight is 391 g/mol. The molecule has 0 aliphatic carbocycles. The van der Waals surface area contributed by atoms with Crippen LogP contribution < -0.4 is 15.9 Å². The number of nitro benzene ring substituents is 1. The molecule has 0 saturated carbocycles. The number of H-pyrrole nitrogens is 1. The Morgan fingerprint density at radius 3 is 2.88 bits per heavy atom. The van der Waals surface area contributed by atoms with Gasteiger partial charge in [-0.1, -0.05) is 23.5 Å². The first-order chi connectivity index (χ1) is 12.4. The van der Waals surface area contributed by atoms with Crippen LogP contribution in [-0.4, -0.2) is 21.2 Å². The molecule has 0 saturated heterocycles. The van der Waals surface area contributed by atoms with Crippen LogP contribution in [0, 0.1) is 17.0 Å². The number of rotatable bonds is 5. The van der Waals surface area contributed by atoms with Crippen LogP contribution in [-0.2, 0) is 11.8 Å². The molecule has 0 fully saturated rings. The van der Waals surface area contributed by atoms with Gasteiger partial charge in [-0.05, 0) is 30.8 Å². The van der Waals surface area contributed by atoms with Crippen LogP contribution in [0.25, 0.3) is 10.2 Å². The zero-order valence-corrected chi connectivity index (χ0v) is 15.6. The predicted molar refractivity (Wildman–Crippen MR) is 101 cm³/mol. The molecular formula is C16H15N4O4S2+. The molecule has 2 aromatic heterocycles. The van der Waals surface area contributed by atoms with Gasteiger partial charge < -0.3 is 5.32 Å². The Morgan fingerprint density at radius 1 is 1.42 bits per heavy atom. The minimum Gasteiger partial charge on any atom is -0.320 e. The van der Waals surface area contributed by atoms with Crippen LogP contribution in [0.1, 0.15) is 4.88 Å². The summed E-state index contributed by atoms with van der Waals surface area (Å²) in [6.45, 7) is 1.92. The van der Waals surface area contributed by atoms with E-state index in [0.29, 0.717) is 10.5 Å². The maximum atomic E-state index is 12.4. The number of nitrogens with one attached hydrogen (secondary N) is 2. The number of amides is 1. The maximum Gasteiger partial charge on any atom is 0.346 e. The molecule has 0 aliphatic heterocycles. The zero-order chi connectivity index (χ0) is 18.8. The summed E-state index contributed by atoms with van der Waals surface area (Å²) < 4.78 is 1.46. The summed E-state index contributed by atoms with van der Waals surface area (Å²) >= 11 is 2.63. The Balaban J connectivity index is 1.76. The SMILES string of the molecule is Cc1cc2c(=O)n(C)c(SCC(=O)Nc3ccccc3[N+](=O)[O-])[nH+]c2s1. The van der Waals surface area contributed by atoms with E-state index in [-0.39, 0.29) is 22.7 Å². The molecule has 0 aliphatic rings. The predicted octanol–water partition coefficient (Wildman–Crippen LogP) is 2.36. The van der Waals surface area contributed by atoms with Gasteiger partial charge in [0.05, 0.1) is 17.7 Å². The number of hydrogen-bond acceptors (Lipinski definition) is 6. The summed E-state index contributed by atoms with van der Waals surface area (Å²) in [5, 5.41) is 14.7. The van der Waals surface area contributed by atoms with Gasteiger partial charge in [-0.15, -0.1) is 0 Å². The summed E-state index contributed by atoms with van der Waals surface area (Å²) in [7, 11) is 1.63. The molecule has 3 aromatic rings. The second kappa shape index (κ2) is 7.26. The number of aryl methyl sites for hydroxylation is 1. The number of fused-ring (bicyclic) bond motifs is 1. The topological polar surface area (TPSA) is 108 Å². The van der Waals surface area contributed by atoms with E-state index in [2.05, 4.69) is 10.3 Å². The fourth-order valence-corrected chi connectivity index (χ4v) is 4.17. The van der Waals surface area contributed by atoms with Crippen molar-refractivity contribution in [3.8, 4) is 0 Å². The first-order valence-corrected chi connectivity index (χ1v) is 9.35. The molecule has 10 heteroatoms. The van der Waals surface area contributed by atoms with Crippen molar-refractivity contribution in [3.63, 3.8) is 0 Å². The third-order valence-electron chi connectivity index (χ3n) is 3.63. The molecule has 1 aromatic carbocycles. The Hall–Kier alpha value is -2.72. The largest absolute Gasteiger partial charge is 0.346 e. The molecule has 0 atom stereocenters. The summed E-state index contributed by atoms with van der Waals surface area (Å²) in [5.41, 5.74) is -0.157. The number of nitro groups is 1. The molecule has 2 N–H and O–H groups in total. The van der Waals surface area contributed by atoms with Gasteiger partial charge in [0, 0.05) is 10.9 Å². The molecule has 134 valence electrons. The maximum absolute atomic E-state index is 12.4. The van der Waals surface area contributed by atoms with E-state index in [1.54, 1.807) is 13.1 Å². The van der Waals surface area contributed by atoms with Crippen molar-refractivity contribution in [2.75, 3.05) is 11.1 Å². The molecule has 1 amide bonds. The van der Waals surface area contributed by atoms with E-state index < -0.39 is 10.8 Å². The number of anilines is 1. The smallest absolute Gasteiger partial charge is 0.320 e. The molecule has 3 rings (SSSR count). The molecule has 2 heterocycles. The Labute approximate surface area is 156 Å². The lowest BCUT2D eigenvalue weighted by atomic mass is 10.2. The number of thioether (sulfide) groups is 1. The van der Waals surface area contributed by atoms with Crippen LogP contribution in [0.3, 0.4) is 0 Å². The highest BCUT2D eigenvalue weighted by molar-refractivity contribution is 7.99. The minimum absolute atomic E-state index is 0.00565. The number of nitrogens with zero attached hydrogens (tertiary/aromatic N) is 2. The highest BCUT2D eigenvalue weighted by Crippen LogP contribution is 2.24. The first-order valence-electron chi connectivity index (χ1n) is 7.55. The number of carbonyl (C=O) groups excluding carboxylic acids is 1. The van der Waals surface area contributed by atoms with Gasteiger partial charge in [0.2, 0.25) is 5.91 Å². The molecule has 0 bridgehead atoms. The van der Waals surface area contributed by atoms with E-state index in [4.69, 9.17) is 0 Å². The second-order valence-corrected chi connectivity index (χ2v) is 7.73. The quantitative estimate of drug-likeness (QED) is 0.311. The lowest BCUT2D eigenvalue weighted by molar-refractivity contribution is -0.404. The Kier molecular flexibility index (Phi) is 5.05. The standard InChI is InChI=1S/C16H14N4O4S2/c1-9-7-10-14(26-9)18-16(19(2)15(10)22)25-8-13(21)17-11-5-3-4-6-12(11)20(23)24/h3-7H,8H2,1-2H3,(H,17,21)/p+1. The van der Waals surface area contributed by atoms with Crippen LogP contribution in [0.15, 0.2) is 40.3 Å². The van der Waals surface area contributed by atoms with Gasteiger partial charge in [-0.2, -0.15) is 4.57 Å². The summed E-state index contributed by atoms with van der Waals surface area (Å²) in [6, 6.07) is 7.77. The van der Waals surface area contributed by atoms with Crippen molar-refractivity contribution in [1.29, 1.82) is 0 Å². The highest BCUT2D eigenvalue weighted by Gasteiger charge is 2.20. The van der Waals surface area contributed by atoms with Crippen molar-refractivity contribution in [2.45, 2.75) is 12.1 Å². The number of thiophene rings is 1. The number of aromatic nitrogens is 2. The normalized spacial score (nSPS) is 10.8. The number of benzene rings is 1. The van der Waals surface area contributed by atoms with Gasteiger partial charge in [0.25, 0.3) is 5.69 Å². The lowest BCUT2D eigenvalue weighted by Gasteiger charge is -2.05. The molecule has 0 radical (unpaired) electrons. The Bertz CT molecular complexity index is 1070. The fraction of sp³-hybridized carbons (Fsp3) is 0.188. The van der Waals surface area contributed by atoms with Crippen molar-refractivity contribution >= 4 is 50.6 Å². The third kappa shape index (κ3) is 3.60. The zero-order valence-electron chi connectivity index (χ0n) is 13.9. The van der Waals surface area contributed by atoms with Crippen molar-refractivity contribution in [1.82, 2.24) is 4.57 Å². The van der Waals surface area contributed by atoms with Crippen LogP contribution in [0.2, 0.25) is 0 Å². The number of carbonyl (C=O) groups is 1. The minimum atomic E-state index is -0.548. The summed E-state index contributed by atoms with van der Waals surface area (Å²) in [6.07, 6.45) is 0. The van der Waals surface area contributed by atoms with Gasteiger partial charge in [-0.3, -0.25) is 14.9 Å².